The van der Waals surface area contributed by atoms with Gasteiger partial charge >= 0.3 is 0 Å². The number of aromatic nitrogens is 2. The topological polar surface area (TPSA) is 39.0 Å². The van der Waals surface area contributed by atoms with Crippen LogP contribution in [0.25, 0.3) is 27.7 Å². The summed E-state index contributed by atoms with van der Waals surface area (Å²) in [5, 5.41) is 4.74. The van der Waals surface area contributed by atoms with Crippen LogP contribution in [0.2, 0.25) is 0 Å². The molecule has 1 aliphatic rings. The largest absolute Gasteiger partial charge is 0.347 e. The molecule has 1 N–H and O–H groups in total. The fourth-order valence-corrected chi connectivity index (χ4v) is 4.64. The third-order valence-corrected chi connectivity index (χ3v) is 6.15. The monoisotopic (exact) mass is 383 g/mol. The van der Waals surface area contributed by atoms with E-state index in [2.05, 4.69) is 67.2 Å². The van der Waals surface area contributed by atoms with Crippen LogP contribution in [0.4, 0.5) is 0 Å². The Morgan fingerprint density at radius 1 is 1.00 bits per heavy atom. The fraction of sp³-hybridized carbons (Fsp3) is 0.240. The number of nitrogens with one attached hydrogen (secondary N) is 1. The maximum absolute atomic E-state index is 13.0. The van der Waals surface area contributed by atoms with Crippen LogP contribution in [0.15, 0.2) is 59.5 Å². The number of nitrogens with zero attached hydrogens (tertiary/aromatic N) is 2. The molecule has 2 aromatic heterocycles. The van der Waals surface area contributed by atoms with Gasteiger partial charge in [-0.1, -0.05) is 29.8 Å². The molecule has 0 aliphatic carbocycles. The molecule has 29 heavy (non-hydrogen) atoms. The molecule has 146 valence electrons. The van der Waals surface area contributed by atoms with Crippen molar-refractivity contribution in [3.63, 3.8) is 0 Å². The number of benzene rings is 2. The van der Waals surface area contributed by atoms with E-state index in [0.29, 0.717) is 0 Å². The first-order valence-corrected chi connectivity index (χ1v) is 10.1. The minimum absolute atomic E-state index is 0.0116. The number of hydrogen-bond donors (Lipinski definition) is 1. The van der Waals surface area contributed by atoms with Gasteiger partial charge in [0.05, 0.1) is 11.2 Å². The van der Waals surface area contributed by atoms with Crippen LogP contribution < -0.4 is 10.9 Å². The summed E-state index contributed by atoms with van der Waals surface area (Å²) in [4.78, 5) is 13.0. The van der Waals surface area contributed by atoms with Crippen molar-refractivity contribution in [2.45, 2.75) is 26.8 Å². The molecule has 0 saturated carbocycles. The zero-order valence-corrected chi connectivity index (χ0v) is 17.1. The van der Waals surface area contributed by atoms with Gasteiger partial charge in [-0.25, -0.2) is 0 Å². The third-order valence-electron chi connectivity index (χ3n) is 6.15. The highest BCUT2D eigenvalue weighted by molar-refractivity contribution is 5.87. The highest BCUT2D eigenvalue weighted by Crippen LogP contribution is 2.29. The highest BCUT2D eigenvalue weighted by Gasteiger charge is 2.18. The van der Waals surface area contributed by atoms with Crippen molar-refractivity contribution < 1.29 is 0 Å². The Labute approximate surface area is 170 Å². The second-order valence-electron chi connectivity index (χ2n) is 8.05. The van der Waals surface area contributed by atoms with Crippen molar-refractivity contribution in [3.05, 3.63) is 87.5 Å². The number of pyridine rings is 1. The molecule has 5 rings (SSSR count). The van der Waals surface area contributed by atoms with Crippen molar-refractivity contribution in [1.29, 1.82) is 0 Å². The molecule has 1 aliphatic heterocycles. The second-order valence-corrected chi connectivity index (χ2v) is 8.05. The maximum Gasteiger partial charge on any atom is 0.255 e. The maximum atomic E-state index is 13.0. The van der Waals surface area contributed by atoms with Gasteiger partial charge < -0.3 is 9.88 Å². The predicted octanol–water partition coefficient (Wildman–Crippen LogP) is 4.26. The van der Waals surface area contributed by atoms with E-state index in [9.17, 15) is 4.79 Å². The molecule has 0 radical (unpaired) electrons. The number of hydrogen-bond acceptors (Lipinski definition) is 2. The van der Waals surface area contributed by atoms with Gasteiger partial charge in [-0.15, -0.1) is 0 Å². The van der Waals surface area contributed by atoms with E-state index in [0.717, 1.165) is 36.3 Å². The van der Waals surface area contributed by atoms with Crippen LogP contribution in [-0.4, -0.2) is 15.7 Å². The van der Waals surface area contributed by atoms with Gasteiger partial charge in [0.1, 0.15) is 0 Å². The minimum Gasteiger partial charge on any atom is -0.347 e. The molecule has 4 nitrogen and oxygen atoms in total. The first-order chi connectivity index (χ1) is 14.0. The van der Waals surface area contributed by atoms with Crippen LogP contribution in [0.5, 0.6) is 0 Å². The molecule has 0 atom stereocenters. The van der Waals surface area contributed by atoms with Crippen LogP contribution in [0.3, 0.4) is 0 Å². The van der Waals surface area contributed by atoms with Crippen LogP contribution in [0, 0.1) is 13.8 Å². The number of fused-ring (bicyclic) bond motifs is 3. The lowest BCUT2D eigenvalue weighted by atomic mass is 9.99. The van der Waals surface area contributed by atoms with E-state index >= 15 is 0 Å². The molecule has 0 bridgehead atoms. The summed E-state index contributed by atoms with van der Waals surface area (Å²) >= 11 is 0. The Balaban J connectivity index is 1.60. The zero-order valence-electron chi connectivity index (χ0n) is 17.1. The van der Waals surface area contributed by atoms with E-state index in [4.69, 9.17) is 0 Å². The van der Waals surface area contributed by atoms with Crippen LogP contribution >= 0.6 is 0 Å². The van der Waals surface area contributed by atoms with Gasteiger partial charge in [-0.05, 0) is 54.3 Å². The lowest BCUT2D eigenvalue weighted by molar-refractivity contribution is 0.622. The van der Waals surface area contributed by atoms with Crippen molar-refractivity contribution in [3.8, 4) is 16.8 Å². The van der Waals surface area contributed by atoms with E-state index < -0.39 is 0 Å². The predicted molar refractivity (Wildman–Crippen MR) is 119 cm³/mol. The molecule has 4 aromatic rings. The quantitative estimate of drug-likeness (QED) is 0.562. The van der Waals surface area contributed by atoms with Crippen molar-refractivity contribution >= 4 is 10.9 Å². The van der Waals surface area contributed by atoms with E-state index in [1.54, 1.807) is 10.6 Å². The number of aryl methyl sites for hydroxylation is 3. The minimum atomic E-state index is -0.0116. The Kier molecular flexibility index (Phi) is 4.18. The molecule has 0 spiro atoms. The first kappa shape index (κ1) is 18.0. The first-order valence-electron chi connectivity index (χ1n) is 10.1. The molecule has 3 heterocycles. The van der Waals surface area contributed by atoms with E-state index in [1.165, 1.54) is 33.3 Å². The second kappa shape index (κ2) is 6.75. The molecule has 0 saturated heterocycles. The Morgan fingerprint density at radius 3 is 2.66 bits per heavy atom. The zero-order chi connectivity index (χ0) is 20.1. The third kappa shape index (κ3) is 2.91. The van der Waals surface area contributed by atoms with Crippen LogP contribution in [0.1, 0.15) is 22.4 Å². The molecule has 4 heteroatoms. The highest BCUT2D eigenvalue weighted by atomic mass is 16.1. The summed E-state index contributed by atoms with van der Waals surface area (Å²) < 4.78 is 4.01. The van der Waals surface area contributed by atoms with Gasteiger partial charge in [0.15, 0.2) is 0 Å². The Morgan fingerprint density at radius 2 is 1.86 bits per heavy atom. The van der Waals surface area contributed by atoms with E-state index in [-0.39, 0.29) is 5.56 Å². The number of rotatable bonds is 2. The Bertz CT molecular complexity index is 1310. The molecule has 0 fully saturated rings. The van der Waals surface area contributed by atoms with Gasteiger partial charge in [0.25, 0.3) is 5.56 Å². The van der Waals surface area contributed by atoms with Crippen LogP contribution in [-0.2, 0) is 20.0 Å². The fourth-order valence-electron chi connectivity index (χ4n) is 4.64. The van der Waals surface area contributed by atoms with Gasteiger partial charge in [-0.3, -0.25) is 9.36 Å². The molecular weight excluding hydrogens is 358 g/mol. The van der Waals surface area contributed by atoms with Gasteiger partial charge in [-0.2, -0.15) is 0 Å². The average molecular weight is 383 g/mol. The lowest BCUT2D eigenvalue weighted by Gasteiger charge is -2.14. The molecule has 2 aromatic carbocycles. The normalized spacial score (nSPS) is 13.6. The molecular formula is C25H25N3O. The van der Waals surface area contributed by atoms with Crippen molar-refractivity contribution in [2.75, 3.05) is 6.54 Å². The van der Waals surface area contributed by atoms with Crippen molar-refractivity contribution in [2.24, 2.45) is 7.05 Å². The summed E-state index contributed by atoms with van der Waals surface area (Å²) in [6.45, 7) is 6.11. The average Bonchev–Trinajstić information content (AvgIpc) is 3.00. The standard InChI is InChI=1S/C25H25N3O/c1-16-4-6-20(17(2)12-16)18-9-11-28(25(29)13-18)19-5-7-21-22-15-26-10-8-23(22)27(3)24(21)14-19/h4-7,9,11-14,26H,8,10,15H2,1-3H3. The van der Waals surface area contributed by atoms with Gasteiger partial charge in [0.2, 0.25) is 0 Å². The molecule has 0 unspecified atom stereocenters. The molecule has 0 amide bonds. The summed E-state index contributed by atoms with van der Waals surface area (Å²) in [6, 6.07) is 16.4. The summed E-state index contributed by atoms with van der Waals surface area (Å²) in [7, 11) is 2.13. The van der Waals surface area contributed by atoms with Gasteiger partial charge in [0, 0.05) is 49.9 Å². The summed E-state index contributed by atoms with van der Waals surface area (Å²) in [5.41, 5.74) is 9.35. The Hall–Kier alpha value is -3.11. The van der Waals surface area contributed by atoms with E-state index in [1.807, 2.05) is 12.3 Å². The SMILES string of the molecule is Cc1ccc(-c2ccn(-c3ccc4c5c(n(C)c4c3)CCNC5)c(=O)c2)c(C)c1. The van der Waals surface area contributed by atoms with Crippen molar-refractivity contribution in [1.82, 2.24) is 14.5 Å². The summed E-state index contributed by atoms with van der Waals surface area (Å²) in [6.07, 6.45) is 2.93. The smallest absolute Gasteiger partial charge is 0.255 e. The lowest BCUT2D eigenvalue weighted by Crippen LogP contribution is -2.24. The summed E-state index contributed by atoms with van der Waals surface area (Å²) in [5.74, 6) is 0.